The van der Waals surface area contributed by atoms with Crippen LogP contribution in [-0.4, -0.2) is 77.9 Å². The van der Waals surface area contributed by atoms with E-state index in [2.05, 4.69) is 37.1 Å². The average Bonchev–Trinajstić information content (AvgIpc) is 3.25. The Morgan fingerprint density at radius 3 is 3.00 bits per heavy atom. The van der Waals surface area contributed by atoms with Gasteiger partial charge in [0, 0.05) is 44.6 Å². The minimum Gasteiger partial charge on any atom is -0.390 e. The summed E-state index contributed by atoms with van der Waals surface area (Å²) in [6.45, 7) is 6.00. The van der Waals surface area contributed by atoms with Crippen molar-refractivity contribution < 1.29 is 5.11 Å². The second-order valence-corrected chi connectivity index (χ2v) is 6.51. The van der Waals surface area contributed by atoms with Crippen LogP contribution in [0.4, 0.5) is 5.82 Å². The van der Waals surface area contributed by atoms with E-state index in [0.717, 1.165) is 31.1 Å². The molecule has 4 heterocycles. The van der Waals surface area contributed by atoms with Crippen molar-refractivity contribution in [1.82, 2.24) is 34.5 Å². The molecule has 25 heavy (non-hydrogen) atoms. The Morgan fingerprint density at radius 2 is 2.20 bits per heavy atom. The summed E-state index contributed by atoms with van der Waals surface area (Å²) in [6.07, 6.45) is 4.79. The van der Waals surface area contributed by atoms with E-state index in [1.165, 1.54) is 0 Å². The molecule has 0 radical (unpaired) electrons. The smallest absolute Gasteiger partial charge is 0.177 e. The summed E-state index contributed by atoms with van der Waals surface area (Å²) in [7, 11) is 0. The molecule has 1 fully saturated rings. The predicted octanol–water partition coefficient (Wildman–Crippen LogP) is -0.108. The zero-order valence-electron chi connectivity index (χ0n) is 14.2. The number of aliphatic hydroxyl groups is 1. The second kappa shape index (κ2) is 6.77. The molecule has 9 nitrogen and oxygen atoms in total. The Hall–Kier alpha value is -2.52. The van der Waals surface area contributed by atoms with Crippen molar-refractivity contribution in [3.8, 4) is 0 Å². The van der Waals surface area contributed by atoms with Gasteiger partial charge in [0.15, 0.2) is 5.65 Å². The molecule has 132 valence electrons. The quantitative estimate of drug-likeness (QED) is 0.692. The summed E-state index contributed by atoms with van der Waals surface area (Å²) in [4.78, 5) is 4.59. The maximum absolute atomic E-state index is 10.3. The lowest BCUT2D eigenvalue weighted by Crippen LogP contribution is -2.54. The molecule has 0 spiro atoms. The first kappa shape index (κ1) is 16.0. The molecule has 9 heteroatoms. The number of β-amino-alcohol motifs (C(OH)–C–C–N with tert-alkyl or cyclic N) is 1. The molecule has 0 saturated carbocycles. The van der Waals surface area contributed by atoms with E-state index in [1.807, 2.05) is 24.4 Å². The maximum Gasteiger partial charge on any atom is 0.177 e. The summed E-state index contributed by atoms with van der Waals surface area (Å²) in [6, 6.07) is 6.10. The van der Waals surface area contributed by atoms with Gasteiger partial charge in [-0.25, -0.2) is 0 Å². The Morgan fingerprint density at radius 1 is 1.28 bits per heavy atom. The number of anilines is 1. The van der Waals surface area contributed by atoms with Gasteiger partial charge in [0.05, 0.1) is 12.6 Å². The normalized spacial score (nSPS) is 20.2. The Bertz CT molecular complexity index is 817. The predicted molar refractivity (Wildman–Crippen MR) is 92.3 cm³/mol. The Labute approximate surface area is 145 Å². The van der Waals surface area contributed by atoms with E-state index in [-0.39, 0.29) is 0 Å². The fraction of sp³-hybridized carbons (Fsp3) is 0.500. The van der Waals surface area contributed by atoms with Gasteiger partial charge in [-0.15, -0.1) is 15.3 Å². The summed E-state index contributed by atoms with van der Waals surface area (Å²) >= 11 is 0. The van der Waals surface area contributed by atoms with Gasteiger partial charge >= 0.3 is 0 Å². The zero-order chi connectivity index (χ0) is 17.2. The summed E-state index contributed by atoms with van der Waals surface area (Å²) in [5, 5.41) is 26.9. The van der Waals surface area contributed by atoms with Crippen molar-refractivity contribution in [2.24, 2.45) is 0 Å². The topological polar surface area (TPSA) is 87.6 Å². The number of piperazine rings is 1. The minimum absolute atomic E-state index is 0.312. The van der Waals surface area contributed by atoms with Crippen molar-refractivity contribution in [3.05, 3.63) is 36.9 Å². The lowest BCUT2D eigenvalue weighted by molar-refractivity contribution is 0.0861. The number of rotatable bonds is 5. The standard InChI is InChI=1S/C16H22N8O/c1-13-9-21(10-14(25)11-22-6-2-5-18-22)7-8-23(13)16-4-3-15-19-17-12-24(15)20-16/h2-6,12-14,25H,7-11H2,1H3/t13-,14+/m0/s1. The van der Waals surface area contributed by atoms with Crippen LogP contribution < -0.4 is 4.90 Å². The van der Waals surface area contributed by atoms with Crippen molar-refractivity contribution in [3.63, 3.8) is 0 Å². The first-order valence-electron chi connectivity index (χ1n) is 8.50. The van der Waals surface area contributed by atoms with Crippen molar-refractivity contribution in [2.45, 2.75) is 25.6 Å². The molecule has 4 rings (SSSR count). The summed E-state index contributed by atoms with van der Waals surface area (Å²) in [5.41, 5.74) is 0.747. The SMILES string of the molecule is C[C@H]1CN(C[C@@H](O)Cn2cccn2)CCN1c1ccc2nncn2n1. The highest BCUT2D eigenvalue weighted by Crippen LogP contribution is 2.18. The van der Waals surface area contributed by atoms with Gasteiger partial charge in [-0.1, -0.05) is 0 Å². The van der Waals surface area contributed by atoms with Crippen LogP contribution in [0.25, 0.3) is 5.65 Å². The van der Waals surface area contributed by atoms with Gasteiger partial charge in [0.2, 0.25) is 0 Å². The molecule has 0 unspecified atom stereocenters. The fourth-order valence-electron chi connectivity index (χ4n) is 3.39. The molecule has 1 aliphatic heterocycles. The van der Waals surface area contributed by atoms with Crippen LogP contribution in [0.2, 0.25) is 0 Å². The molecular weight excluding hydrogens is 320 g/mol. The molecule has 0 bridgehead atoms. The first-order valence-corrected chi connectivity index (χ1v) is 8.50. The lowest BCUT2D eigenvalue weighted by atomic mass is 10.1. The van der Waals surface area contributed by atoms with Crippen LogP contribution in [0.1, 0.15) is 6.92 Å². The van der Waals surface area contributed by atoms with E-state index >= 15 is 0 Å². The number of hydrogen-bond acceptors (Lipinski definition) is 7. The third-order valence-corrected chi connectivity index (χ3v) is 4.58. The fourth-order valence-corrected chi connectivity index (χ4v) is 3.39. The summed E-state index contributed by atoms with van der Waals surface area (Å²) in [5.74, 6) is 0.927. The van der Waals surface area contributed by atoms with Crippen molar-refractivity contribution >= 4 is 11.5 Å². The number of fused-ring (bicyclic) bond motifs is 1. The van der Waals surface area contributed by atoms with E-state index in [9.17, 15) is 5.11 Å². The van der Waals surface area contributed by atoms with Crippen molar-refractivity contribution in [2.75, 3.05) is 31.1 Å². The number of aliphatic hydroxyl groups excluding tert-OH is 1. The third kappa shape index (κ3) is 3.47. The van der Waals surface area contributed by atoms with Gasteiger partial charge in [0.25, 0.3) is 0 Å². The third-order valence-electron chi connectivity index (χ3n) is 4.58. The van der Waals surface area contributed by atoms with Crippen LogP contribution in [0.3, 0.4) is 0 Å². The Balaban J connectivity index is 1.36. The lowest BCUT2D eigenvalue weighted by Gasteiger charge is -2.41. The molecule has 3 aromatic heterocycles. The molecular formula is C16H22N8O. The van der Waals surface area contributed by atoms with Crippen LogP contribution >= 0.6 is 0 Å². The molecule has 1 N–H and O–H groups in total. The Kier molecular flexibility index (Phi) is 4.33. The van der Waals surface area contributed by atoms with Crippen LogP contribution in [0, 0.1) is 0 Å². The molecule has 1 saturated heterocycles. The van der Waals surface area contributed by atoms with E-state index in [4.69, 9.17) is 0 Å². The molecule has 0 amide bonds. The van der Waals surface area contributed by atoms with E-state index in [1.54, 1.807) is 21.7 Å². The number of aromatic nitrogens is 6. The largest absolute Gasteiger partial charge is 0.390 e. The number of nitrogens with zero attached hydrogens (tertiary/aromatic N) is 8. The highest BCUT2D eigenvalue weighted by Gasteiger charge is 2.26. The zero-order valence-corrected chi connectivity index (χ0v) is 14.2. The summed E-state index contributed by atoms with van der Waals surface area (Å²) < 4.78 is 3.46. The molecule has 0 aliphatic carbocycles. The van der Waals surface area contributed by atoms with Gasteiger partial charge in [0.1, 0.15) is 12.1 Å². The van der Waals surface area contributed by atoms with Crippen LogP contribution in [0.5, 0.6) is 0 Å². The van der Waals surface area contributed by atoms with Crippen molar-refractivity contribution in [1.29, 1.82) is 0 Å². The molecule has 1 aliphatic rings. The second-order valence-electron chi connectivity index (χ2n) is 6.51. The molecule has 3 aromatic rings. The van der Waals surface area contributed by atoms with Gasteiger partial charge in [-0.3, -0.25) is 9.58 Å². The van der Waals surface area contributed by atoms with Crippen LogP contribution in [-0.2, 0) is 6.54 Å². The van der Waals surface area contributed by atoms with Gasteiger partial charge in [-0.05, 0) is 25.1 Å². The average molecular weight is 342 g/mol. The number of hydrogen-bond donors (Lipinski definition) is 1. The monoisotopic (exact) mass is 342 g/mol. The molecule has 0 aromatic carbocycles. The van der Waals surface area contributed by atoms with Gasteiger partial charge in [-0.2, -0.15) is 9.61 Å². The minimum atomic E-state index is -0.426. The molecule has 2 atom stereocenters. The van der Waals surface area contributed by atoms with Crippen LogP contribution in [0.15, 0.2) is 36.9 Å². The highest BCUT2D eigenvalue weighted by molar-refractivity contribution is 5.46. The van der Waals surface area contributed by atoms with Gasteiger partial charge < -0.3 is 10.0 Å². The first-order chi connectivity index (χ1) is 12.2. The highest BCUT2D eigenvalue weighted by atomic mass is 16.3. The van der Waals surface area contributed by atoms with E-state index < -0.39 is 6.10 Å². The maximum atomic E-state index is 10.3. The van der Waals surface area contributed by atoms with E-state index in [0.29, 0.717) is 19.1 Å².